The summed E-state index contributed by atoms with van der Waals surface area (Å²) in [5, 5.41) is 7.26. The minimum atomic E-state index is 0.0142. The highest BCUT2D eigenvalue weighted by atomic mass is 16.2. The molecule has 1 aromatic heterocycles. The van der Waals surface area contributed by atoms with Gasteiger partial charge in [-0.1, -0.05) is 6.92 Å². The number of rotatable bonds is 5. The molecule has 0 bridgehead atoms. The molecule has 1 saturated carbocycles. The van der Waals surface area contributed by atoms with E-state index in [4.69, 9.17) is 5.73 Å². The molecule has 0 spiro atoms. The molecule has 5 nitrogen and oxygen atoms in total. The van der Waals surface area contributed by atoms with Gasteiger partial charge in [0.15, 0.2) is 0 Å². The van der Waals surface area contributed by atoms with Gasteiger partial charge in [0, 0.05) is 6.54 Å². The van der Waals surface area contributed by atoms with Crippen molar-refractivity contribution in [2.24, 2.45) is 5.41 Å². The Bertz CT molecular complexity index is 460. The van der Waals surface area contributed by atoms with Crippen molar-refractivity contribution >= 4 is 11.6 Å². The normalized spacial score (nSPS) is 16.6. The predicted octanol–water partition coefficient (Wildman–Crippen LogP) is 1.39. The molecule has 100 valence electrons. The summed E-state index contributed by atoms with van der Waals surface area (Å²) in [7, 11) is 0. The van der Waals surface area contributed by atoms with Gasteiger partial charge in [-0.15, -0.1) is 0 Å². The monoisotopic (exact) mass is 250 g/mol. The summed E-state index contributed by atoms with van der Waals surface area (Å²) in [6.45, 7) is 6.96. The number of nitrogens with zero attached hydrogens (tertiary/aromatic N) is 2. The molecule has 1 aliphatic carbocycles. The average molecular weight is 250 g/mol. The fourth-order valence-corrected chi connectivity index (χ4v) is 2.17. The van der Waals surface area contributed by atoms with Gasteiger partial charge < -0.3 is 11.1 Å². The minimum Gasteiger partial charge on any atom is -0.396 e. The number of hydrogen-bond donors (Lipinski definition) is 2. The number of aryl methyl sites for hydroxylation is 1. The fraction of sp³-hybridized carbons (Fsp3) is 0.692. The van der Waals surface area contributed by atoms with Crippen LogP contribution in [0.1, 0.15) is 37.6 Å². The molecule has 0 unspecified atom stereocenters. The number of nitrogens with one attached hydrogen (secondary N) is 1. The first-order valence-electron chi connectivity index (χ1n) is 6.53. The summed E-state index contributed by atoms with van der Waals surface area (Å²) in [5.74, 6) is 0.0142. The molecule has 18 heavy (non-hydrogen) atoms. The molecule has 0 aliphatic heterocycles. The van der Waals surface area contributed by atoms with Crippen LogP contribution in [0.3, 0.4) is 0 Å². The van der Waals surface area contributed by atoms with E-state index in [1.54, 1.807) is 4.68 Å². The van der Waals surface area contributed by atoms with Crippen molar-refractivity contribution in [2.45, 2.75) is 46.6 Å². The van der Waals surface area contributed by atoms with Crippen LogP contribution in [0.4, 0.5) is 5.69 Å². The third-order valence-electron chi connectivity index (χ3n) is 4.10. The Kier molecular flexibility index (Phi) is 3.32. The Morgan fingerprint density at radius 3 is 2.61 bits per heavy atom. The van der Waals surface area contributed by atoms with E-state index < -0.39 is 0 Å². The Balaban J connectivity index is 1.89. The maximum absolute atomic E-state index is 11.9. The van der Waals surface area contributed by atoms with E-state index in [2.05, 4.69) is 17.3 Å². The van der Waals surface area contributed by atoms with Crippen LogP contribution in [-0.4, -0.2) is 22.2 Å². The topological polar surface area (TPSA) is 72.9 Å². The minimum absolute atomic E-state index is 0.0142. The van der Waals surface area contributed by atoms with E-state index in [9.17, 15) is 4.79 Å². The van der Waals surface area contributed by atoms with Gasteiger partial charge >= 0.3 is 0 Å². The molecule has 1 aliphatic rings. The molecule has 5 heteroatoms. The molecule has 1 aromatic rings. The van der Waals surface area contributed by atoms with Crippen molar-refractivity contribution in [3.63, 3.8) is 0 Å². The zero-order valence-electron chi connectivity index (χ0n) is 11.4. The van der Waals surface area contributed by atoms with Crippen LogP contribution < -0.4 is 11.1 Å². The molecule has 0 atom stereocenters. The molecular formula is C13H22N4O. The van der Waals surface area contributed by atoms with Crippen molar-refractivity contribution in [1.82, 2.24) is 15.1 Å². The van der Waals surface area contributed by atoms with Gasteiger partial charge in [0.25, 0.3) is 0 Å². The molecule has 0 radical (unpaired) electrons. The summed E-state index contributed by atoms with van der Waals surface area (Å²) in [6, 6.07) is 0. The third kappa shape index (κ3) is 2.49. The molecule has 1 amide bonds. The van der Waals surface area contributed by atoms with Gasteiger partial charge in [0.05, 0.1) is 17.1 Å². The van der Waals surface area contributed by atoms with Crippen LogP contribution in [0.15, 0.2) is 0 Å². The molecule has 0 aromatic carbocycles. The summed E-state index contributed by atoms with van der Waals surface area (Å²) < 4.78 is 1.67. The average Bonchev–Trinajstić information content (AvgIpc) is 3.09. The lowest BCUT2D eigenvalue weighted by atomic mass is 10.0. The van der Waals surface area contributed by atoms with Gasteiger partial charge in [-0.2, -0.15) is 5.10 Å². The Hall–Kier alpha value is -1.52. The number of nitrogen functional groups attached to an aromatic ring is 1. The lowest BCUT2D eigenvalue weighted by Crippen LogP contribution is -2.33. The van der Waals surface area contributed by atoms with Crippen molar-refractivity contribution in [3.8, 4) is 0 Å². The standard InChI is InChI=1S/C13H22N4O/c1-4-13(5-6-13)8-15-11(18)7-17-10(3)12(14)9(2)16-17/h4-8,14H2,1-3H3,(H,15,18). The Labute approximate surface area is 108 Å². The Morgan fingerprint density at radius 1 is 1.50 bits per heavy atom. The number of anilines is 1. The highest BCUT2D eigenvalue weighted by Gasteiger charge is 2.40. The van der Waals surface area contributed by atoms with Crippen molar-refractivity contribution in [3.05, 3.63) is 11.4 Å². The van der Waals surface area contributed by atoms with Crippen LogP contribution >= 0.6 is 0 Å². The SMILES string of the molecule is CCC1(CNC(=O)Cn2nc(C)c(N)c2C)CC1. The third-order valence-corrected chi connectivity index (χ3v) is 4.10. The van der Waals surface area contributed by atoms with E-state index >= 15 is 0 Å². The van der Waals surface area contributed by atoms with Gasteiger partial charge in [0.1, 0.15) is 6.54 Å². The molecular weight excluding hydrogens is 228 g/mol. The van der Waals surface area contributed by atoms with E-state index in [0.29, 0.717) is 11.1 Å². The Morgan fingerprint density at radius 2 is 2.17 bits per heavy atom. The largest absolute Gasteiger partial charge is 0.396 e. The summed E-state index contributed by atoms with van der Waals surface area (Å²) >= 11 is 0. The van der Waals surface area contributed by atoms with Crippen LogP contribution in [0.5, 0.6) is 0 Å². The molecule has 3 N–H and O–H groups in total. The number of carbonyl (C=O) groups excluding carboxylic acids is 1. The van der Waals surface area contributed by atoms with E-state index in [0.717, 1.165) is 24.4 Å². The number of hydrogen-bond acceptors (Lipinski definition) is 3. The number of aromatic nitrogens is 2. The van der Waals surface area contributed by atoms with Crippen molar-refractivity contribution in [1.29, 1.82) is 0 Å². The first-order chi connectivity index (χ1) is 8.47. The number of nitrogens with two attached hydrogens (primary N) is 1. The van der Waals surface area contributed by atoms with Gasteiger partial charge in [-0.05, 0) is 38.5 Å². The summed E-state index contributed by atoms with van der Waals surface area (Å²) in [4.78, 5) is 11.9. The number of carbonyl (C=O) groups is 1. The summed E-state index contributed by atoms with van der Waals surface area (Å²) in [5.41, 5.74) is 8.54. The van der Waals surface area contributed by atoms with Gasteiger partial charge in [0.2, 0.25) is 5.91 Å². The second kappa shape index (κ2) is 4.63. The zero-order valence-corrected chi connectivity index (χ0v) is 11.4. The van der Waals surface area contributed by atoms with E-state index in [-0.39, 0.29) is 12.5 Å². The second-order valence-corrected chi connectivity index (χ2v) is 5.37. The van der Waals surface area contributed by atoms with Crippen LogP contribution in [-0.2, 0) is 11.3 Å². The fourth-order valence-electron chi connectivity index (χ4n) is 2.17. The maximum Gasteiger partial charge on any atom is 0.241 e. The number of amides is 1. The lowest BCUT2D eigenvalue weighted by Gasteiger charge is -2.13. The summed E-state index contributed by atoms with van der Waals surface area (Å²) in [6.07, 6.45) is 3.60. The highest BCUT2D eigenvalue weighted by Crippen LogP contribution is 2.47. The van der Waals surface area contributed by atoms with Crippen LogP contribution in [0.25, 0.3) is 0 Å². The quantitative estimate of drug-likeness (QED) is 0.829. The van der Waals surface area contributed by atoms with E-state index in [1.165, 1.54) is 12.8 Å². The van der Waals surface area contributed by atoms with Gasteiger partial charge in [-0.3, -0.25) is 9.48 Å². The molecule has 1 fully saturated rings. The van der Waals surface area contributed by atoms with Crippen LogP contribution in [0.2, 0.25) is 0 Å². The zero-order chi connectivity index (χ0) is 13.3. The van der Waals surface area contributed by atoms with Crippen LogP contribution in [0, 0.1) is 19.3 Å². The van der Waals surface area contributed by atoms with Crippen molar-refractivity contribution in [2.75, 3.05) is 12.3 Å². The second-order valence-electron chi connectivity index (χ2n) is 5.37. The molecule has 1 heterocycles. The highest BCUT2D eigenvalue weighted by molar-refractivity contribution is 5.76. The molecule has 0 saturated heterocycles. The lowest BCUT2D eigenvalue weighted by molar-refractivity contribution is -0.122. The molecule has 2 rings (SSSR count). The maximum atomic E-state index is 11.9. The smallest absolute Gasteiger partial charge is 0.241 e. The first-order valence-corrected chi connectivity index (χ1v) is 6.53. The van der Waals surface area contributed by atoms with Crippen molar-refractivity contribution < 1.29 is 4.79 Å². The van der Waals surface area contributed by atoms with E-state index in [1.807, 2.05) is 13.8 Å². The van der Waals surface area contributed by atoms with Gasteiger partial charge in [-0.25, -0.2) is 0 Å². The first kappa shape index (κ1) is 12.9. The predicted molar refractivity (Wildman–Crippen MR) is 71.1 cm³/mol.